The van der Waals surface area contributed by atoms with Crippen LogP contribution in [0.15, 0.2) is 158 Å². The molecule has 0 bridgehead atoms. The van der Waals surface area contributed by atoms with Crippen LogP contribution in [0.3, 0.4) is 0 Å². The fourth-order valence-corrected chi connectivity index (χ4v) is 6.20. The average Bonchev–Trinajstić information content (AvgIpc) is 3.11. The summed E-state index contributed by atoms with van der Waals surface area (Å²) in [4.78, 5) is 14.0. The molecule has 7 aromatic carbocycles. The minimum atomic E-state index is 0.167. The van der Waals surface area contributed by atoms with E-state index >= 15 is 0 Å². The van der Waals surface area contributed by atoms with Crippen LogP contribution in [0.5, 0.6) is 0 Å². The van der Waals surface area contributed by atoms with Crippen molar-refractivity contribution in [3.8, 4) is 56.2 Å². The van der Waals surface area contributed by atoms with Crippen molar-refractivity contribution < 1.29 is 0 Å². The molecule has 0 aliphatic carbocycles. The SMILES string of the molecule is Clc1nc(-c2ccc3cc(-c4cccc(-c5ccccc5)c4)ccc3c2)nc(-c2ccc(-c3ccccc3)c3ccccc23)n1. The van der Waals surface area contributed by atoms with Crippen molar-refractivity contribution in [3.05, 3.63) is 163 Å². The molecule has 1 heterocycles. The van der Waals surface area contributed by atoms with E-state index in [-0.39, 0.29) is 5.28 Å². The van der Waals surface area contributed by atoms with Gasteiger partial charge in [-0.25, -0.2) is 4.98 Å². The quantitative estimate of drug-likeness (QED) is 0.199. The van der Waals surface area contributed by atoms with Crippen LogP contribution in [0.2, 0.25) is 5.28 Å². The third kappa shape index (κ3) is 5.24. The zero-order valence-electron chi connectivity index (χ0n) is 24.2. The largest absolute Gasteiger partial charge is 0.226 e. The molecule has 0 unspecified atom stereocenters. The monoisotopic (exact) mass is 595 g/mol. The molecule has 3 nitrogen and oxygen atoms in total. The van der Waals surface area contributed by atoms with Crippen LogP contribution < -0.4 is 0 Å². The van der Waals surface area contributed by atoms with Crippen LogP contribution in [0, 0.1) is 0 Å². The standard InChI is InChI=1S/C41H26ClN3/c42-41-44-39(43-40(45-41)38-23-22-35(28-12-5-2-6-13-28)36-16-7-8-17-37(36)38)34-21-20-32-25-31(18-19-33(32)26-34)30-15-9-14-29(24-30)27-10-3-1-4-11-27/h1-26H. The predicted molar refractivity (Wildman–Crippen MR) is 187 cm³/mol. The summed E-state index contributed by atoms with van der Waals surface area (Å²) in [5, 5.41) is 4.61. The van der Waals surface area contributed by atoms with Crippen LogP contribution in [0.4, 0.5) is 0 Å². The van der Waals surface area contributed by atoms with Crippen molar-refractivity contribution >= 4 is 33.1 Å². The van der Waals surface area contributed by atoms with Crippen molar-refractivity contribution in [1.29, 1.82) is 0 Å². The first-order valence-electron chi connectivity index (χ1n) is 14.9. The fourth-order valence-electron chi connectivity index (χ4n) is 6.04. The average molecular weight is 596 g/mol. The van der Waals surface area contributed by atoms with Gasteiger partial charge in [0, 0.05) is 11.1 Å². The minimum absolute atomic E-state index is 0.167. The van der Waals surface area contributed by atoms with Gasteiger partial charge < -0.3 is 0 Å². The number of hydrogen-bond donors (Lipinski definition) is 0. The topological polar surface area (TPSA) is 38.7 Å². The molecule has 0 saturated heterocycles. The molecule has 0 N–H and O–H groups in total. The van der Waals surface area contributed by atoms with Gasteiger partial charge in [0.05, 0.1) is 0 Å². The van der Waals surface area contributed by atoms with Gasteiger partial charge in [0.15, 0.2) is 11.6 Å². The number of halogens is 1. The van der Waals surface area contributed by atoms with Gasteiger partial charge in [0.1, 0.15) is 0 Å². The summed E-state index contributed by atoms with van der Waals surface area (Å²) in [5.41, 5.74) is 8.89. The number of benzene rings is 7. The zero-order chi connectivity index (χ0) is 30.2. The van der Waals surface area contributed by atoms with E-state index in [1.807, 2.05) is 18.2 Å². The lowest BCUT2D eigenvalue weighted by molar-refractivity contribution is 1.07. The summed E-state index contributed by atoms with van der Waals surface area (Å²) < 4.78 is 0. The maximum absolute atomic E-state index is 6.53. The van der Waals surface area contributed by atoms with Crippen LogP contribution in [0.1, 0.15) is 0 Å². The molecule has 8 aromatic rings. The van der Waals surface area contributed by atoms with Crippen LogP contribution in [-0.4, -0.2) is 15.0 Å². The normalized spacial score (nSPS) is 11.2. The van der Waals surface area contributed by atoms with E-state index in [0.717, 1.165) is 43.8 Å². The maximum atomic E-state index is 6.53. The molecule has 8 rings (SSSR count). The number of nitrogens with zero attached hydrogens (tertiary/aromatic N) is 3. The number of rotatable bonds is 5. The summed E-state index contributed by atoms with van der Waals surface area (Å²) in [5.74, 6) is 1.09. The number of fused-ring (bicyclic) bond motifs is 2. The number of hydrogen-bond acceptors (Lipinski definition) is 3. The van der Waals surface area contributed by atoms with E-state index in [4.69, 9.17) is 16.6 Å². The van der Waals surface area contributed by atoms with E-state index < -0.39 is 0 Å². The lowest BCUT2D eigenvalue weighted by Gasteiger charge is -2.12. The highest BCUT2D eigenvalue weighted by molar-refractivity contribution is 6.28. The maximum Gasteiger partial charge on any atom is 0.226 e. The molecule has 1 aromatic heterocycles. The van der Waals surface area contributed by atoms with E-state index in [0.29, 0.717) is 11.6 Å². The molecule has 45 heavy (non-hydrogen) atoms. The number of aromatic nitrogens is 3. The molecule has 0 saturated carbocycles. The molecule has 0 fully saturated rings. The highest BCUT2D eigenvalue weighted by Gasteiger charge is 2.15. The van der Waals surface area contributed by atoms with Crippen molar-refractivity contribution in [1.82, 2.24) is 15.0 Å². The molecule has 0 spiro atoms. The van der Waals surface area contributed by atoms with E-state index in [9.17, 15) is 0 Å². The molecule has 4 heteroatoms. The molecule has 0 aliphatic rings. The lowest BCUT2D eigenvalue weighted by Crippen LogP contribution is -1.98. The Morgan fingerprint density at radius 2 is 0.844 bits per heavy atom. The Labute approximate surface area is 266 Å². The van der Waals surface area contributed by atoms with Gasteiger partial charge in [0.2, 0.25) is 5.28 Å². The van der Waals surface area contributed by atoms with Gasteiger partial charge in [0.25, 0.3) is 0 Å². The summed E-state index contributed by atoms with van der Waals surface area (Å²) in [6, 6.07) is 55.0. The highest BCUT2D eigenvalue weighted by Crippen LogP contribution is 2.36. The third-order valence-electron chi connectivity index (χ3n) is 8.26. The first-order chi connectivity index (χ1) is 22.2. The second-order valence-corrected chi connectivity index (χ2v) is 11.4. The summed E-state index contributed by atoms with van der Waals surface area (Å²) >= 11 is 6.53. The second kappa shape index (κ2) is 11.5. The Hall–Kier alpha value is -5.64. The smallest absolute Gasteiger partial charge is 0.208 e. The first kappa shape index (κ1) is 26.9. The molecule has 0 atom stereocenters. The van der Waals surface area contributed by atoms with Crippen molar-refractivity contribution in [2.45, 2.75) is 0 Å². The Bertz CT molecular complexity index is 2330. The molecular weight excluding hydrogens is 570 g/mol. The fraction of sp³-hybridized carbons (Fsp3) is 0. The molecule has 0 radical (unpaired) electrons. The van der Waals surface area contributed by atoms with Crippen LogP contribution in [0.25, 0.3) is 77.7 Å². The van der Waals surface area contributed by atoms with Gasteiger partial charge >= 0.3 is 0 Å². The van der Waals surface area contributed by atoms with Crippen LogP contribution in [-0.2, 0) is 0 Å². The molecule has 0 amide bonds. The Morgan fingerprint density at radius 1 is 0.333 bits per heavy atom. The highest BCUT2D eigenvalue weighted by atomic mass is 35.5. The summed E-state index contributed by atoms with van der Waals surface area (Å²) in [6.45, 7) is 0. The van der Waals surface area contributed by atoms with Crippen LogP contribution >= 0.6 is 11.6 Å². The van der Waals surface area contributed by atoms with Gasteiger partial charge in [-0.15, -0.1) is 0 Å². The van der Waals surface area contributed by atoms with Crippen molar-refractivity contribution in [2.24, 2.45) is 0 Å². The second-order valence-electron chi connectivity index (χ2n) is 11.0. The van der Waals surface area contributed by atoms with Gasteiger partial charge in [-0.2, -0.15) is 9.97 Å². The van der Waals surface area contributed by atoms with E-state index in [1.54, 1.807) is 0 Å². The third-order valence-corrected chi connectivity index (χ3v) is 8.43. The minimum Gasteiger partial charge on any atom is -0.208 e. The van der Waals surface area contributed by atoms with Gasteiger partial charge in [-0.3, -0.25) is 0 Å². The molecule has 212 valence electrons. The van der Waals surface area contributed by atoms with Crippen molar-refractivity contribution in [3.63, 3.8) is 0 Å². The summed E-state index contributed by atoms with van der Waals surface area (Å²) in [7, 11) is 0. The van der Waals surface area contributed by atoms with Gasteiger partial charge in [-0.05, 0) is 90.8 Å². The van der Waals surface area contributed by atoms with Gasteiger partial charge in [-0.1, -0.05) is 133 Å². The molecular formula is C41H26ClN3. The zero-order valence-corrected chi connectivity index (χ0v) is 25.0. The van der Waals surface area contributed by atoms with E-state index in [1.165, 1.54) is 22.3 Å². The predicted octanol–water partition coefficient (Wildman–Crippen LogP) is 11.2. The summed E-state index contributed by atoms with van der Waals surface area (Å²) in [6.07, 6.45) is 0. The van der Waals surface area contributed by atoms with E-state index in [2.05, 4.69) is 149 Å². The molecule has 0 aliphatic heterocycles. The Morgan fingerprint density at radius 3 is 1.58 bits per heavy atom. The first-order valence-corrected chi connectivity index (χ1v) is 15.3. The Balaban J connectivity index is 1.16. The van der Waals surface area contributed by atoms with Crippen molar-refractivity contribution in [2.75, 3.05) is 0 Å². The Kier molecular flexibility index (Phi) is 6.86. The lowest BCUT2D eigenvalue weighted by atomic mass is 9.95.